The Morgan fingerprint density at radius 3 is 2.67 bits per heavy atom. The molecular weight excluding hydrogens is 252 g/mol. The van der Waals surface area contributed by atoms with E-state index in [9.17, 15) is 4.79 Å². The van der Waals surface area contributed by atoms with Gasteiger partial charge in [-0.3, -0.25) is 9.78 Å². The molecule has 6 heteroatoms. The number of hydrogen-bond acceptors (Lipinski definition) is 3. The van der Waals surface area contributed by atoms with E-state index in [-0.39, 0.29) is 11.3 Å². The summed E-state index contributed by atoms with van der Waals surface area (Å²) < 4.78 is 0. The molecule has 1 heterocycles. The standard InChI is InChI=1S/C12H7ClN4O/c13-12(18)9-7-15-10(6-11(9)16-17-14)8-4-2-1-3-5-8/h1-7H. The van der Waals surface area contributed by atoms with Gasteiger partial charge in [0.2, 0.25) is 0 Å². The summed E-state index contributed by atoms with van der Waals surface area (Å²) in [5, 5.41) is 2.75. The molecule has 2 rings (SSSR count). The summed E-state index contributed by atoms with van der Waals surface area (Å²) in [4.78, 5) is 17.9. The smallest absolute Gasteiger partial charge is 0.254 e. The van der Waals surface area contributed by atoms with Crippen molar-refractivity contribution >= 4 is 22.5 Å². The molecule has 0 fully saturated rings. The van der Waals surface area contributed by atoms with Gasteiger partial charge in [-0.2, -0.15) is 0 Å². The summed E-state index contributed by atoms with van der Waals surface area (Å²) in [7, 11) is 0. The Bertz CT molecular complexity index is 636. The minimum atomic E-state index is -0.704. The second-order valence-electron chi connectivity index (χ2n) is 3.42. The predicted octanol–water partition coefficient (Wildman–Crippen LogP) is 4.07. The van der Waals surface area contributed by atoms with Crippen molar-refractivity contribution in [2.45, 2.75) is 0 Å². The van der Waals surface area contributed by atoms with Gasteiger partial charge in [-0.25, -0.2) is 0 Å². The fourth-order valence-electron chi connectivity index (χ4n) is 1.49. The molecule has 1 aromatic heterocycles. The molecule has 88 valence electrons. The first-order valence-corrected chi connectivity index (χ1v) is 5.40. The largest absolute Gasteiger partial charge is 0.276 e. The van der Waals surface area contributed by atoms with Gasteiger partial charge < -0.3 is 0 Å². The summed E-state index contributed by atoms with van der Waals surface area (Å²) in [6.07, 6.45) is 1.31. The average molecular weight is 259 g/mol. The van der Waals surface area contributed by atoms with Crippen LogP contribution in [0, 0.1) is 0 Å². The Balaban J connectivity index is 2.57. The highest BCUT2D eigenvalue weighted by Gasteiger charge is 2.10. The Kier molecular flexibility index (Phi) is 3.57. The van der Waals surface area contributed by atoms with Crippen LogP contribution in [-0.2, 0) is 0 Å². The van der Waals surface area contributed by atoms with Crippen molar-refractivity contribution in [3.8, 4) is 11.3 Å². The van der Waals surface area contributed by atoms with Gasteiger partial charge in [0.25, 0.3) is 5.24 Å². The highest BCUT2D eigenvalue weighted by atomic mass is 35.5. The Labute approximate surface area is 108 Å². The average Bonchev–Trinajstić information content (AvgIpc) is 2.40. The molecule has 1 aromatic carbocycles. The summed E-state index contributed by atoms with van der Waals surface area (Å²) >= 11 is 5.38. The maximum Gasteiger partial charge on any atom is 0.254 e. The molecule has 2 aromatic rings. The maximum absolute atomic E-state index is 11.1. The van der Waals surface area contributed by atoms with Crippen LogP contribution in [0.4, 0.5) is 5.69 Å². The molecule has 0 aliphatic carbocycles. The van der Waals surface area contributed by atoms with E-state index in [0.717, 1.165) is 5.56 Å². The number of azide groups is 1. The lowest BCUT2D eigenvalue weighted by Gasteiger charge is -2.04. The highest BCUT2D eigenvalue weighted by molar-refractivity contribution is 6.68. The van der Waals surface area contributed by atoms with Crippen LogP contribution in [0.25, 0.3) is 21.7 Å². The quantitative estimate of drug-likeness (QED) is 0.360. The van der Waals surface area contributed by atoms with Crippen molar-refractivity contribution in [2.24, 2.45) is 5.11 Å². The lowest BCUT2D eigenvalue weighted by atomic mass is 10.1. The number of halogens is 1. The number of rotatable bonds is 3. The van der Waals surface area contributed by atoms with Crippen LogP contribution in [0.5, 0.6) is 0 Å². The van der Waals surface area contributed by atoms with Crippen molar-refractivity contribution in [2.75, 3.05) is 0 Å². The van der Waals surface area contributed by atoms with Crippen molar-refractivity contribution in [3.05, 3.63) is 58.6 Å². The summed E-state index contributed by atoms with van der Waals surface area (Å²) in [5.41, 5.74) is 10.2. The van der Waals surface area contributed by atoms with Crippen LogP contribution in [0.15, 0.2) is 47.7 Å². The predicted molar refractivity (Wildman–Crippen MR) is 68.7 cm³/mol. The van der Waals surface area contributed by atoms with E-state index in [4.69, 9.17) is 17.1 Å². The molecule has 0 unspecified atom stereocenters. The van der Waals surface area contributed by atoms with Crippen molar-refractivity contribution in [1.82, 2.24) is 4.98 Å². The third-order valence-electron chi connectivity index (χ3n) is 2.32. The normalized spacial score (nSPS) is 9.61. The molecule has 0 radical (unpaired) electrons. The van der Waals surface area contributed by atoms with Crippen LogP contribution in [-0.4, -0.2) is 10.2 Å². The first-order valence-electron chi connectivity index (χ1n) is 5.03. The molecular formula is C12H7ClN4O. The van der Waals surface area contributed by atoms with E-state index in [1.807, 2.05) is 30.3 Å². The molecule has 0 aliphatic rings. The number of aromatic nitrogens is 1. The molecule has 0 saturated heterocycles. The topological polar surface area (TPSA) is 78.7 Å². The summed E-state index contributed by atoms with van der Waals surface area (Å²) in [6.45, 7) is 0. The lowest BCUT2D eigenvalue weighted by molar-refractivity contribution is 0.108. The van der Waals surface area contributed by atoms with Crippen LogP contribution in [0.3, 0.4) is 0 Å². The minimum absolute atomic E-state index is 0.0918. The number of hydrogen-bond donors (Lipinski definition) is 0. The number of benzene rings is 1. The van der Waals surface area contributed by atoms with Gasteiger partial charge in [0.15, 0.2) is 0 Å². The van der Waals surface area contributed by atoms with E-state index in [1.54, 1.807) is 0 Å². The first kappa shape index (κ1) is 12.1. The fraction of sp³-hybridized carbons (Fsp3) is 0. The molecule has 5 nitrogen and oxygen atoms in total. The van der Waals surface area contributed by atoms with Crippen LogP contribution < -0.4 is 0 Å². The monoisotopic (exact) mass is 258 g/mol. The minimum Gasteiger partial charge on any atom is -0.276 e. The first-order chi connectivity index (χ1) is 8.72. The molecule has 0 saturated carbocycles. The Morgan fingerprint density at radius 1 is 1.33 bits per heavy atom. The SMILES string of the molecule is [N-]=[N+]=Nc1cc(-c2ccccc2)ncc1C(=O)Cl. The molecule has 0 bridgehead atoms. The van der Waals surface area contributed by atoms with Gasteiger partial charge in [0, 0.05) is 16.7 Å². The van der Waals surface area contributed by atoms with Gasteiger partial charge in [-0.05, 0) is 23.2 Å². The van der Waals surface area contributed by atoms with Gasteiger partial charge >= 0.3 is 0 Å². The zero-order chi connectivity index (χ0) is 13.0. The number of nitrogens with zero attached hydrogens (tertiary/aromatic N) is 4. The van der Waals surface area contributed by atoms with E-state index in [2.05, 4.69) is 15.0 Å². The third kappa shape index (κ3) is 2.48. The van der Waals surface area contributed by atoms with E-state index in [1.165, 1.54) is 12.3 Å². The van der Waals surface area contributed by atoms with Gasteiger partial charge in [-0.1, -0.05) is 35.4 Å². The van der Waals surface area contributed by atoms with E-state index in [0.29, 0.717) is 5.69 Å². The maximum atomic E-state index is 11.1. The molecule has 0 atom stereocenters. The number of pyridine rings is 1. The van der Waals surface area contributed by atoms with E-state index < -0.39 is 5.24 Å². The van der Waals surface area contributed by atoms with Crippen LogP contribution in [0.1, 0.15) is 10.4 Å². The summed E-state index contributed by atoms with van der Waals surface area (Å²) in [6, 6.07) is 10.9. The van der Waals surface area contributed by atoms with E-state index >= 15 is 0 Å². The number of carbonyl (C=O) groups is 1. The fourth-order valence-corrected chi connectivity index (χ4v) is 1.64. The second-order valence-corrected chi connectivity index (χ2v) is 3.76. The Morgan fingerprint density at radius 2 is 2.06 bits per heavy atom. The summed E-state index contributed by atoms with van der Waals surface area (Å²) in [5.74, 6) is 0. The molecule has 0 spiro atoms. The van der Waals surface area contributed by atoms with Crippen LogP contribution >= 0.6 is 11.6 Å². The van der Waals surface area contributed by atoms with Crippen molar-refractivity contribution in [3.63, 3.8) is 0 Å². The van der Waals surface area contributed by atoms with Gasteiger partial charge in [0.05, 0.1) is 16.9 Å². The molecule has 0 amide bonds. The number of carbonyl (C=O) groups excluding carboxylic acids is 1. The zero-order valence-corrected chi connectivity index (χ0v) is 9.87. The highest BCUT2D eigenvalue weighted by Crippen LogP contribution is 2.26. The molecule has 18 heavy (non-hydrogen) atoms. The lowest BCUT2D eigenvalue weighted by Crippen LogP contribution is -1.93. The van der Waals surface area contributed by atoms with Gasteiger partial charge in [0.1, 0.15) is 0 Å². The molecule has 0 N–H and O–H groups in total. The Hall–Kier alpha value is -2.36. The zero-order valence-electron chi connectivity index (χ0n) is 9.12. The third-order valence-corrected chi connectivity index (χ3v) is 2.52. The van der Waals surface area contributed by atoms with Crippen molar-refractivity contribution in [1.29, 1.82) is 0 Å². The van der Waals surface area contributed by atoms with Crippen LogP contribution in [0.2, 0.25) is 0 Å². The second kappa shape index (κ2) is 5.31. The van der Waals surface area contributed by atoms with Crippen molar-refractivity contribution < 1.29 is 4.79 Å². The molecule has 0 aliphatic heterocycles. The van der Waals surface area contributed by atoms with Gasteiger partial charge in [-0.15, -0.1) is 0 Å².